The van der Waals surface area contributed by atoms with E-state index in [0.29, 0.717) is 18.7 Å². The Balaban J connectivity index is 1.98. The van der Waals surface area contributed by atoms with Gasteiger partial charge in [-0.3, -0.25) is 4.90 Å². The molecule has 3 nitrogen and oxygen atoms in total. The van der Waals surface area contributed by atoms with Crippen molar-refractivity contribution in [2.45, 2.75) is 39.0 Å². The van der Waals surface area contributed by atoms with E-state index in [-0.39, 0.29) is 0 Å². The fraction of sp³-hybridized carbons (Fsp3) is 0.600. The highest BCUT2D eigenvalue weighted by atomic mass is 16.5. The first-order valence-corrected chi connectivity index (χ1v) is 6.78. The zero-order chi connectivity index (χ0) is 13.0. The SMILES string of the molecule is COCc1ccccc1NC1CCN(C(C)C)C1. The van der Waals surface area contributed by atoms with Crippen LogP contribution in [0.15, 0.2) is 24.3 Å². The van der Waals surface area contributed by atoms with Crippen LogP contribution in [0.3, 0.4) is 0 Å². The smallest absolute Gasteiger partial charge is 0.0733 e. The molecule has 0 aromatic heterocycles. The van der Waals surface area contributed by atoms with Gasteiger partial charge in [-0.25, -0.2) is 0 Å². The summed E-state index contributed by atoms with van der Waals surface area (Å²) in [6.45, 7) is 7.53. The van der Waals surface area contributed by atoms with E-state index >= 15 is 0 Å². The normalized spacial score (nSPS) is 20.6. The molecule has 1 aliphatic rings. The number of likely N-dealkylation sites (tertiary alicyclic amines) is 1. The highest BCUT2D eigenvalue weighted by molar-refractivity contribution is 5.51. The molecule has 1 aliphatic heterocycles. The van der Waals surface area contributed by atoms with Gasteiger partial charge in [0, 0.05) is 43.5 Å². The Hall–Kier alpha value is -1.06. The van der Waals surface area contributed by atoms with Crippen LogP contribution < -0.4 is 5.32 Å². The van der Waals surface area contributed by atoms with Gasteiger partial charge in [-0.05, 0) is 26.3 Å². The van der Waals surface area contributed by atoms with Crippen LogP contribution in [-0.2, 0) is 11.3 Å². The summed E-state index contributed by atoms with van der Waals surface area (Å²) in [6, 6.07) is 9.62. The average Bonchev–Trinajstić information content (AvgIpc) is 2.81. The van der Waals surface area contributed by atoms with Crippen molar-refractivity contribution in [3.8, 4) is 0 Å². The highest BCUT2D eigenvalue weighted by Gasteiger charge is 2.24. The highest BCUT2D eigenvalue weighted by Crippen LogP contribution is 2.21. The van der Waals surface area contributed by atoms with E-state index < -0.39 is 0 Å². The largest absolute Gasteiger partial charge is 0.381 e. The number of hydrogen-bond donors (Lipinski definition) is 1. The molecule has 1 aromatic carbocycles. The van der Waals surface area contributed by atoms with Crippen LogP contribution in [0.1, 0.15) is 25.8 Å². The molecule has 1 N–H and O–H groups in total. The maximum absolute atomic E-state index is 5.24. The van der Waals surface area contributed by atoms with Gasteiger partial charge in [0.05, 0.1) is 6.61 Å². The summed E-state index contributed by atoms with van der Waals surface area (Å²) >= 11 is 0. The van der Waals surface area contributed by atoms with Crippen LogP contribution in [0, 0.1) is 0 Å². The molecule has 3 heteroatoms. The van der Waals surface area contributed by atoms with Crippen LogP contribution in [0.25, 0.3) is 0 Å². The summed E-state index contributed by atoms with van der Waals surface area (Å²) in [7, 11) is 1.74. The zero-order valence-electron chi connectivity index (χ0n) is 11.6. The zero-order valence-corrected chi connectivity index (χ0v) is 11.6. The van der Waals surface area contributed by atoms with Gasteiger partial charge in [-0.1, -0.05) is 18.2 Å². The number of methoxy groups -OCH3 is 1. The lowest BCUT2D eigenvalue weighted by Crippen LogP contribution is -2.31. The van der Waals surface area contributed by atoms with E-state index in [1.54, 1.807) is 7.11 Å². The van der Waals surface area contributed by atoms with E-state index in [4.69, 9.17) is 4.74 Å². The number of benzene rings is 1. The van der Waals surface area contributed by atoms with Gasteiger partial charge in [0.25, 0.3) is 0 Å². The monoisotopic (exact) mass is 248 g/mol. The lowest BCUT2D eigenvalue weighted by Gasteiger charge is -2.21. The lowest BCUT2D eigenvalue weighted by molar-refractivity contribution is 0.185. The second-order valence-electron chi connectivity index (χ2n) is 5.31. The van der Waals surface area contributed by atoms with Gasteiger partial charge in [0.2, 0.25) is 0 Å². The Morgan fingerprint density at radius 3 is 2.83 bits per heavy atom. The Morgan fingerprint density at radius 2 is 2.17 bits per heavy atom. The first kappa shape index (κ1) is 13.4. The van der Waals surface area contributed by atoms with Gasteiger partial charge in [0.15, 0.2) is 0 Å². The fourth-order valence-electron chi connectivity index (χ4n) is 2.54. The number of hydrogen-bond acceptors (Lipinski definition) is 3. The molecule has 1 atom stereocenters. The molecule has 0 amide bonds. The van der Waals surface area contributed by atoms with Crippen LogP contribution in [0.4, 0.5) is 5.69 Å². The predicted octanol–water partition coefficient (Wildman–Crippen LogP) is 2.73. The van der Waals surface area contributed by atoms with Crippen molar-refractivity contribution in [2.75, 3.05) is 25.5 Å². The van der Waals surface area contributed by atoms with Gasteiger partial charge in [-0.15, -0.1) is 0 Å². The molecular weight excluding hydrogens is 224 g/mol. The molecule has 1 heterocycles. The number of anilines is 1. The second kappa shape index (κ2) is 6.21. The van der Waals surface area contributed by atoms with E-state index in [1.165, 1.54) is 24.2 Å². The number of nitrogens with one attached hydrogen (secondary N) is 1. The topological polar surface area (TPSA) is 24.5 Å². The van der Waals surface area contributed by atoms with Crippen molar-refractivity contribution < 1.29 is 4.74 Å². The van der Waals surface area contributed by atoms with E-state index in [9.17, 15) is 0 Å². The van der Waals surface area contributed by atoms with Crippen molar-refractivity contribution in [1.82, 2.24) is 4.90 Å². The Labute approximate surface area is 110 Å². The van der Waals surface area contributed by atoms with Crippen LogP contribution in [0.2, 0.25) is 0 Å². The third-order valence-corrected chi connectivity index (χ3v) is 3.63. The molecule has 2 rings (SSSR count). The molecule has 0 aliphatic carbocycles. The molecular formula is C15H24N2O. The third-order valence-electron chi connectivity index (χ3n) is 3.63. The Morgan fingerprint density at radius 1 is 1.39 bits per heavy atom. The molecule has 18 heavy (non-hydrogen) atoms. The first-order chi connectivity index (χ1) is 8.70. The molecule has 0 bridgehead atoms. The first-order valence-electron chi connectivity index (χ1n) is 6.78. The summed E-state index contributed by atoms with van der Waals surface area (Å²) in [6.07, 6.45) is 1.22. The number of rotatable bonds is 5. The fourth-order valence-corrected chi connectivity index (χ4v) is 2.54. The third kappa shape index (κ3) is 3.24. The van der Waals surface area contributed by atoms with Crippen LogP contribution in [0.5, 0.6) is 0 Å². The minimum Gasteiger partial charge on any atom is -0.381 e. The Kier molecular flexibility index (Phi) is 4.61. The molecule has 0 saturated carbocycles. The van der Waals surface area contributed by atoms with Gasteiger partial charge in [-0.2, -0.15) is 0 Å². The van der Waals surface area contributed by atoms with Crippen molar-refractivity contribution in [3.05, 3.63) is 29.8 Å². The Bertz CT molecular complexity index is 379. The molecule has 0 spiro atoms. The quantitative estimate of drug-likeness (QED) is 0.867. The summed E-state index contributed by atoms with van der Waals surface area (Å²) in [5, 5.41) is 3.66. The molecule has 1 unspecified atom stereocenters. The standard InChI is InChI=1S/C15H24N2O/c1-12(2)17-9-8-14(10-17)16-15-7-5-4-6-13(15)11-18-3/h4-7,12,14,16H,8-11H2,1-3H3. The van der Waals surface area contributed by atoms with Gasteiger partial charge in [0.1, 0.15) is 0 Å². The maximum Gasteiger partial charge on any atom is 0.0733 e. The van der Waals surface area contributed by atoms with E-state index in [0.717, 1.165) is 6.54 Å². The molecule has 0 radical (unpaired) electrons. The summed E-state index contributed by atoms with van der Waals surface area (Å²) in [4.78, 5) is 2.52. The predicted molar refractivity (Wildman–Crippen MR) is 75.9 cm³/mol. The molecule has 100 valence electrons. The second-order valence-corrected chi connectivity index (χ2v) is 5.31. The average molecular weight is 248 g/mol. The van der Waals surface area contributed by atoms with Crippen molar-refractivity contribution in [1.29, 1.82) is 0 Å². The minimum absolute atomic E-state index is 0.561. The summed E-state index contributed by atoms with van der Waals surface area (Å²) in [5.74, 6) is 0. The number of nitrogens with zero attached hydrogens (tertiary/aromatic N) is 1. The molecule has 1 fully saturated rings. The molecule has 1 aromatic rings. The van der Waals surface area contributed by atoms with E-state index in [2.05, 4.69) is 48.3 Å². The number of ether oxygens (including phenoxy) is 1. The lowest BCUT2D eigenvalue weighted by atomic mass is 10.1. The van der Waals surface area contributed by atoms with Gasteiger partial charge >= 0.3 is 0 Å². The van der Waals surface area contributed by atoms with Crippen molar-refractivity contribution >= 4 is 5.69 Å². The molecule has 1 saturated heterocycles. The summed E-state index contributed by atoms with van der Waals surface area (Å²) < 4.78 is 5.24. The van der Waals surface area contributed by atoms with Crippen LogP contribution >= 0.6 is 0 Å². The summed E-state index contributed by atoms with van der Waals surface area (Å²) in [5.41, 5.74) is 2.46. The van der Waals surface area contributed by atoms with Crippen molar-refractivity contribution in [3.63, 3.8) is 0 Å². The number of para-hydroxylation sites is 1. The van der Waals surface area contributed by atoms with Crippen molar-refractivity contribution in [2.24, 2.45) is 0 Å². The maximum atomic E-state index is 5.24. The van der Waals surface area contributed by atoms with Crippen LogP contribution in [-0.4, -0.2) is 37.2 Å². The van der Waals surface area contributed by atoms with Gasteiger partial charge < -0.3 is 10.1 Å². The van der Waals surface area contributed by atoms with E-state index in [1.807, 2.05) is 0 Å². The minimum atomic E-state index is 0.561.